The van der Waals surface area contributed by atoms with Gasteiger partial charge in [-0.2, -0.15) is 0 Å². The first kappa shape index (κ1) is 20.1. The van der Waals surface area contributed by atoms with Crippen molar-refractivity contribution in [3.8, 4) is 11.5 Å². The van der Waals surface area contributed by atoms with Gasteiger partial charge in [0.2, 0.25) is 0 Å². The smallest absolute Gasteiger partial charge is 0.410 e. The van der Waals surface area contributed by atoms with Crippen LogP contribution < -0.4 is 9.47 Å². The number of aliphatic hydroxyl groups excluding tert-OH is 1. The van der Waals surface area contributed by atoms with Crippen LogP contribution in [0.1, 0.15) is 44.7 Å². The quantitative estimate of drug-likeness (QED) is 0.783. The second-order valence-corrected chi connectivity index (χ2v) is 9.39. The molecule has 1 N–H and O–H groups in total. The highest BCUT2D eigenvalue weighted by molar-refractivity contribution is 5.68. The van der Waals surface area contributed by atoms with Crippen molar-refractivity contribution in [2.24, 2.45) is 5.92 Å². The molecule has 1 aromatic rings. The second-order valence-electron chi connectivity index (χ2n) is 9.39. The molecule has 2 aliphatic carbocycles. The van der Waals surface area contributed by atoms with Gasteiger partial charge in [-0.15, -0.1) is 0 Å². The molecule has 1 amide bonds. The van der Waals surface area contributed by atoms with Crippen molar-refractivity contribution in [3.05, 3.63) is 35.4 Å². The maximum atomic E-state index is 12.5. The molecule has 6 heteroatoms. The third-order valence-electron chi connectivity index (χ3n) is 6.43. The van der Waals surface area contributed by atoms with Crippen LogP contribution in [0.5, 0.6) is 11.5 Å². The lowest BCUT2D eigenvalue weighted by molar-refractivity contribution is 0.00572. The molecular formula is C23H31NO5. The monoisotopic (exact) mass is 401 g/mol. The van der Waals surface area contributed by atoms with Crippen LogP contribution >= 0.6 is 0 Å². The summed E-state index contributed by atoms with van der Waals surface area (Å²) in [7, 11) is 3.42. The van der Waals surface area contributed by atoms with E-state index in [-0.39, 0.29) is 23.5 Å². The van der Waals surface area contributed by atoms with E-state index >= 15 is 0 Å². The topological polar surface area (TPSA) is 68.2 Å². The molecule has 0 aromatic heterocycles. The molecule has 1 aliphatic heterocycles. The van der Waals surface area contributed by atoms with Crippen molar-refractivity contribution < 1.29 is 24.1 Å². The zero-order valence-electron chi connectivity index (χ0n) is 17.9. The summed E-state index contributed by atoms with van der Waals surface area (Å²) < 4.78 is 17.5. The van der Waals surface area contributed by atoms with Crippen LogP contribution in [0, 0.1) is 5.92 Å². The zero-order valence-corrected chi connectivity index (χ0v) is 17.9. The Morgan fingerprint density at radius 2 is 2.14 bits per heavy atom. The molecule has 0 spiro atoms. The highest BCUT2D eigenvalue weighted by atomic mass is 16.6. The van der Waals surface area contributed by atoms with Crippen LogP contribution in [0.4, 0.5) is 4.79 Å². The standard InChI is InChI=1S/C23H31NO5/c1-22(2,3)29-21(26)24(4)12-11-23-15-7-6-8-18(23)28-20-17(27-5)10-9-14(19(20)23)13-16(15)25/h6-7,9-10,15-16,18,25H,8,11-13H2,1-5H3/t15-,16-,18+,23+/m0/s1. The van der Waals surface area contributed by atoms with Gasteiger partial charge in [0.15, 0.2) is 11.5 Å². The fraction of sp³-hybridized carbons (Fsp3) is 0.609. The highest BCUT2D eigenvalue weighted by Gasteiger charge is 2.59. The number of methoxy groups -OCH3 is 1. The number of rotatable bonds is 4. The van der Waals surface area contributed by atoms with Gasteiger partial charge in [-0.3, -0.25) is 0 Å². The lowest BCUT2D eigenvalue weighted by Gasteiger charge is -2.48. The molecule has 0 fully saturated rings. The van der Waals surface area contributed by atoms with Crippen LogP contribution in [0.2, 0.25) is 0 Å². The Hall–Kier alpha value is -2.21. The van der Waals surface area contributed by atoms with Gasteiger partial charge in [0.1, 0.15) is 11.7 Å². The number of carbonyl (C=O) groups is 1. The summed E-state index contributed by atoms with van der Waals surface area (Å²) in [5.41, 5.74) is 1.36. The van der Waals surface area contributed by atoms with E-state index < -0.39 is 11.7 Å². The Morgan fingerprint density at radius 1 is 1.38 bits per heavy atom. The van der Waals surface area contributed by atoms with Crippen molar-refractivity contribution in [3.63, 3.8) is 0 Å². The molecular weight excluding hydrogens is 370 g/mol. The van der Waals surface area contributed by atoms with Gasteiger partial charge < -0.3 is 24.2 Å². The summed E-state index contributed by atoms with van der Waals surface area (Å²) in [6.07, 6.45) is 5.41. The van der Waals surface area contributed by atoms with Gasteiger partial charge in [0, 0.05) is 36.9 Å². The summed E-state index contributed by atoms with van der Waals surface area (Å²) in [6.45, 7) is 6.11. The molecule has 0 saturated heterocycles. The van der Waals surface area contributed by atoms with Crippen molar-refractivity contribution in [1.82, 2.24) is 4.90 Å². The SMILES string of the molecule is COc1ccc2c3c1O[C@@H]1CC=C[C@@H]([C@@H](O)C2)[C@@]31CCN(C)C(=O)OC(C)(C)C. The van der Waals surface area contributed by atoms with E-state index in [1.807, 2.05) is 32.9 Å². The molecule has 4 atom stereocenters. The minimum atomic E-state index is -0.534. The van der Waals surface area contributed by atoms with Crippen LogP contribution in [-0.2, 0) is 16.6 Å². The number of aliphatic hydroxyl groups is 1. The van der Waals surface area contributed by atoms with E-state index in [1.54, 1.807) is 19.1 Å². The fourth-order valence-electron chi connectivity index (χ4n) is 5.19. The Labute approximate surface area is 172 Å². The van der Waals surface area contributed by atoms with Gasteiger partial charge in [-0.25, -0.2) is 4.79 Å². The van der Waals surface area contributed by atoms with Gasteiger partial charge >= 0.3 is 6.09 Å². The number of hydrogen-bond donors (Lipinski definition) is 1. The van der Waals surface area contributed by atoms with Gasteiger partial charge in [0.25, 0.3) is 0 Å². The highest BCUT2D eigenvalue weighted by Crippen LogP contribution is 2.60. The Kier molecular flexibility index (Phi) is 4.80. The number of amides is 1. The molecule has 0 bridgehead atoms. The van der Waals surface area contributed by atoms with E-state index in [0.717, 1.165) is 29.0 Å². The Morgan fingerprint density at radius 3 is 2.83 bits per heavy atom. The molecule has 158 valence electrons. The molecule has 1 aromatic carbocycles. The normalized spacial score (nSPS) is 29.1. The number of hydrogen-bond acceptors (Lipinski definition) is 5. The van der Waals surface area contributed by atoms with Crippen LogP contribution in [-0.4, -0.2) is 54.6 Å². The molecule has 29 heavy (non-hydrogen) atoms. The number of ether oxygens (including phenoxy) is 3. The lowest BCUT2D eigenvalue weighted by Crippen LogP contribution is -2.54. The summed E-state index contributed by atoms with van der Waals surface area (Å²) in [4.78, 5) is 14.1. The summed E-state index contributed by atoms with van der Waals surface area (Å²) in [5, 5.41) is 11.0. The molecule has 4 rings (SSSR count). The average molecular weight is 402 g/mol. The lowest BCUT2D eigenvalue weighted by atomic mass is 9.56. The molecule has 0 unspecified atom stereocenters. The Balaban J connectivity index is 1.69. The van der Waals surface area contributed by atoms with Crippen LogP contribution in [0.25, 0.3) is 0 Å². The van der Waals surface area contributed by atoms with Crippen molar-refractivity contribution >= 4 is 6.09 Å². The summed E-state index contributed by atoms with van der Waals surface area (Å²) in [6, 6.07) is 3.97. The molecule has 6 nitrogen and oxygen atoms in total. The van der Waals surface area contributed by atoms with Gasteiger partial charge in [-0.05, 0) is 45.2 Å². The minimum absolute atomic E-state index is 0.0471. The molecule has 3 aliphatic rings. The average Bonchev–Trinajstić information content (AvgIpc) is 3.00. The molecule has 0 radical (unpaired) electrons. The van der Waals surface area contributed by atoms with E-state index in [2.05, 4.69) is 12.2 Å². The summed E-state index contributed by atoms with van der Waals surface area (Å²) in [5.74, 6) is 1.48. The molecule has 1 heterocycles. The number of benzene rings is 1. The summed E-state index contributed by atoms with van der Waals surface area (Å²) >= 11 is 0. The second kappa shape index (κ2) is 6.94. The molecule has 0 saturated carbocycles. The zero-order chi connectivity index (χ0) is 21.0. The van der Waals surface area contributed by atoms with Gasteiger partial charge in [-0.1, -0.05) is 18.2 Å². The largest absolute Gasteiger partial charge is 0.493 e. The van der Waals surface area contributed by atoms with Crippen molar-refractivity contribution in [2.45, 2.75) is 63.3 Å². The first-order valence-electron chi connectivity index (χ1n) is 10.3. The number of carbonyl (C=O) groups excluding carboxylic acids is 1. The number of nitrogens with zero attached hydrogens (tertiary/aromatic N) is 1. The third-order valence-corrected chi connectivity index (χ3v) is 6.43. The fourth-order valence-corrected chi connectivity index (χ4v) is 5.19. The van der Waals surface area contributed by atoms with Crippen molar-refractivity contribution in [2.75, 3.05) is 20.7 Å². The third kappa shape index (κ3) is 3.18. The maximum absolute atomic E-state index is 12.5. The van der Waals surface area contributed by atoms with E-state index in [4.69, 9.17) is 14.2 Å². The minimum Gasteiger partial charge on any atom is -0.493 e. The van der Waals surface area contributed by atoms with Crippen LogP contribution in [0.3, 0.4) is 0 Å². The van der Waals surface area contributed by atoms with E-state index in [9.17, 15) is 9.90 Å². The first-order valence-corrected chi connectivity index (χ1v) is 10.3. The van der Waals surface area contributed by atoms with Gasteiger partial charge in [0.05, 0.1) is 13.2 Å². The first-order chi connectivity index (χ1) is 13.7. The van der Waals surface area contributed by atoms with Crippen molar-refractivity contribution in [1.29, 1.82) is 0 Å². The Bertz CT molecular complexity index is 842. The van der Waals surface area contributed by atoms with E-state index in [0.29, 0.717) is 19.4 Å². The maximum Gasteiger partial charge on any atom is 0.410 e. The van der Waals surface area contributed by atoms with Crippen LogP contribution in [0.15, 0.2) is 24.3 Å². The predicted octanol–water partition coefficient (Wildman–Crippen LogP) is 3.44. The van der Waals surface area contributed by atoms with E-state index in [1.165, 1.54) is 0 Å². The predicted molar refractivity (Wildman–Crippen MR) is 110 cm³/mol.